The van der Waals surface area contributed by atoms with E-state index in [0.717, 1.165) is 5.56 Å². The van der Waals surface area contributed by atoms with Crippen molar-refractivity contribution >= 4 is 27.3 Å². The van der Waals surface area contributed by atoms with E-state index in [-0.39, 0.29) is 9.92 Å². The number of ether oxygens (including phenoxy) is 1. The number of nitrogen functional groups attached to an aromatic ring is 1. The molecule has 108 valence electrons. The Labute approximate surface area is 119 Å². The summed E-state index contributed by atoms with van der Waals surface area (Å²) in [5, 5.41) is 0.170. The first-order chi connectivity index (χ1) is 8.88. The SMILES string of the molecule is CCOCCCNS(=O)(=O)c1cc(N)c(C)cc1Cl. The van der Waals surface area contributed by atoms with E-state index >= 15 is 0 Å². The minimum absolute atomic E-state index is 0.00803. The lowest BCUT2D eigenvalue weighted by Gasteiger charge is -2.10. The summed E-state index contributed by atoms with van der Waals surface area (Å²) in [6, 6.07) is 2.92. The van der Waals surface area contributed by atoms with Gasteiger partial charge in [-0.3, -0.25) is 0 Å². The molecule has 0 unspecified atom stereocenters. The molecule has 0 amide bonds. The second-order valence-electron chi connectivity index (χ2n) is 4.09. The fraction of sp³-hybridized carbons (Fsp3) is 0.500. The first-order valence-corrected chi connectivity index (χ1v) is 7.87. The van der Waals surface area contributed by atoms with Gasteiger partial charge in [0.1, 0.15) is 4.90 Å². The third kappa shape index (κ3) is 4.65. The minimum atomic E-state index is -3.63. The van der Waals surface area contributed by atoms with Gasteiger partial charge in [-0.25, -0.2) is 13.1 Å². The second-order valence-corrected chi connectivity index (χ2v) is 6.23. The molecule has 0 atom stereocenters. The maximum atomic E-state index is 12.1. The maximum Gasteiger partial charge on any atom is 0.242 e. The summed E-state index contributed by atoms with van der Waals surface area (Å²) in [5.41, 5.74) is 6.86. The van der Waals surface area contributed by atoms with E-state index in [0.29, 0.717) is 31.9 Å². The fourth-order valence-corrected chi connectivity index (χ4v) is 3.17. The first-order valence-electron chi connectivity index (χ1n) is 6.01. The molecule has 19 heavy (non-hydrogen) atoms. The molecule has 3 N–H and O–H groups in total. The van der Waals surface area contributed by atoms with E-state index in [1.807, 2.05) is 6.92 Å². The molecule has 0 saturated heterocycles. The van der Waals surface area contributed by atoms with Crippen molar-refractivity contribution < 1.29 is 13.2 Å². The Bertz CT molecular complexity index is 532. The van der Waals surface area contributed by atoms with Gasteiger partial charge >= 0.3 is 0 Å². The van der Waals surface area contributed by atoms with E-state index in [1.54, 1.807) is 13.0 Å². The Balaban J connectivity index is 2.75. The van der Waals surface area contributed by atoms with Crippen LogP contribution >= 0.6 is 11.6 Å². The number of anilines is 1. The largest absolute Gasteiger partial charge is 0.398 e. The van der Waals surface area contributed by atoms with Gasteiger partial charge in [-0.15, -0.1) is 0 Å². The lowest BCUT2D eigenvalue weighted by atomic mass is 10.2. The van der Waals surface area contributed by atoms with Gasteiger partial charge in [0.15, 0.2) is 0 Å². The standard InChI is InChI=1S/C12H19ClN2O3S/c1-3-18-6-4-5-15-19(16,17)12-8-11(14)9(2)7-10(12)13/h7-8,15H,3-6,14H2,1-2H3. The van der Waals surface area contributed by atoms with Gasteiger partial charge in [0.05, 0.1) is 5.02 Å². The maximum absolute atomic E-state index is 12.1. The zero-order valence-electron chi connectivity index (χ0n) is 11.1. The van der Waals surface area contributed by atoms with E-state index < -0.39 is 10.0 Å². The normalized spacial score (nSPS) is 11.7. The number of rotatable bonds is 7. The Hall–Kier alpha value is -0.820. The third-order valence-electron chi connectivity index (χ3n) is 2.57. The minimum Gasteiger partial charge on any atom is -0.398 e. The van der Waals surface area contributed by atoms with E-state index in [2.05, 4.69) is 4.72 Å². The topological polar surface area (TPSA) is 81.4 Å². The van der Waals surface area contributed by atoms with E-state index in [9.17, 15) is 8.42 Å². The molecule has 5 nitrogen and oxygen atoms in total. The summed E-state index contributed by atoms with van der Waals surface area (Å²) >= 11 is 5.95. The van der Waals surface area contributed by atoms with Crippen LogP contribution < -0.4 is 10.5 Å². The van der Waals surface area contributed by atoms with Crippen molar-refractivity contribution in [3.05, 3.63) is 22.7 Å². The Kier molecular flexibility index (Phi) is 6.06. The summed E-state index contributed by atoms with van der Waals surface area (Å²) in [5.74, 6) is 0. The highest BCUT2D eigenvalue weighted by molar-refractivity contribution is 7.89. The second kappa shape index (κ2) is 7.09. The van der Waals surface area contributed by atoms with Crippen LogP contribution in [0.15, 0.2) is 17.0 Å². The predicted octanol–water partition coefficient (Wildman–Crippen LogP) is 1.94. The zero-order chi connectivity index (χ0) is 14.5. The number of hydrogen-bond donors (Lipinski definition) is 2. The molecule has 0 saturated carbocycles. The average molecular weight is 307 g/mol. The van der Waals surface area contributed by atoms with Crippen LogP contribution in [0.2, 0.25) is 5.02 Å². The van der Waals surface area contributed by atoms with Crippen molar-refractivity contribution in [1.82, 2.24) is 4.72 Å². The highest BCUT2D eigenvalue weighted by Gasteiger charge is 2.18. The van der Waals surface area contributed by atoms with E-state index in [1.165, 1.54) is 6.07 Å². The lowest BCUT2D eigenvalue weighted by molar-refractivity contribution is 0.146. The van der Waals surface area contributed by atoms with Crippen LogP contribution in [0.3, 0.4) is 0 Å². The molecule has 7 heteroatoms. The van der Waals surface area contributed by atoms with Crippen molar-refractivity contribution in [2.24, 2.45) is 0 Å². The highest BCUT2D eigenvalue weighted by atomic mass is 35.5. The molecule has 0 aliphatic carbocycles. The summed E-state index contributed by atoms with van der Waals surface area (Å²) in [6.07, 6.45) is 0.603. The zero-order valence-corrected chi connectivity index (χ0v) is 12.6. The van der Waals surface area contributed by atoms with Crippen LogP contribution in [0.4, 0.5) is 5.69 Å². The summed E-state index contributed by atoms with van der Waals surface area (Å²) in [6.45, 7) is 5.09. The number of benzene rings is 1. The van der Waals surface area contributed by atoms with Gasteiger partial charge in [0.2, 0.25) is 10.0 Å². The number of hydrogen-bond acceptors (Lipinski definition) is 4. The Morgan fingerprint density at radius 2 is 2.11 bits per heavy atom. The number of nitrogens with one attached hydrogen (secondary N) is 1. The smallest absolute Gasteiger partial charge is 0.242 e. The van der Waals surface area contributed by atoms with Crippen molar-refractivity contribution in [3.8, 4) is 0 Å². The molecule has 0 radical (unpaired) electrons. The summed E-state index contributed by atoms with van der Waals surface area (Å²) in [4.78, 5) is 0.00803. The number of halogens is 1. The van der Waals surface area contributed by atoms with Gasteiger partial charge in [0, 0.05) is 25.4 Å². The summed E-state index contributed by atoms with van der Waals surface area (Å²) in [7, 11) is -3.63. The van der Waals surface area contributed by atoms with Crippen molar-refractivity contribution in [3.63, 3.8) is 0 Å². The molecular weight excluding hydrogens is 288 g/mol. The van der Waals surface area contributed by atoms with Crippen molar-refractivity contribution in [1.29, 1.82) is 0 Å². The van der Waals surface area contributed by atoms with Crippen LogP contribution in [0.1, 0.15) is 18.9 Å². The van der Waals surface area contributed by atoms with E-state index in [4.69, 9.17) is 22.1 Å². The molecule has 1 rings (SSSR count). The van der Waals surface area contributed by atoms with Crippen LogP contribution in [0, 0.1) is 6.92 Å². The molecule has 0 fully saturated rings. The number of aryl methyl sites for hydroxylation is 1. The van der Waals surface area contributed by atoms with Gasteiger partial charge in [-0.1, -0.05) is 11.6 Å². The first kappa shape index (κ1) is 16.2. The van der Waals surface area contributed by atoms with Gasteiger partial charge in [-0.2, -0.15) is 0 Å². The molecule has 0 heterocycles. The average Bonchev–Trinajstić information content (AvgIpc) is 2.33. The van der Waals surface area contributed by atoms with Crippen LogP contribution in [-0.4, -0.2) is 28.2 Å². The predicted molar refractivity (Wildman–Crippen MR) is 76.9 cm³/mol. The van der Waals surface area contributed by atoms with Crippen LogP contribution in [0.5, 0.6) is 0 Å². The van der Waals surface area contributed by atoms with Crippen molar-refractivity contribution in [2.75, 3.05) is 25.5 Å². The highest BCUT2D eigenvalue weighted by Crippen LogP contribution is 2.26. The molecule has 0 aliphatic rings. The fourth-order valence-electron chi connectivity index (χ4n) is 1.48. The molecule has 0 aromatic heterocycles. The summed E-state index contributed by atoms with van der Waals surface area (Å²) < 4.78 is 31.7. The molecule has 0 aliphatic heterocycles. The molecular formula is C12H19ClN2O3S. The Morgan fingerprint density at radius 3 is 2.74 bits per heavy atom. The molecule has 1 aromatic carbocycles. The number of sulfonamides is 1. The van der Waals surface area contributed by atoms with Gasteiger partial charge in [-0.05, 0) is 38.0 Å². The quantitative estimate of drug-likeness (QED) is 0.596. The molecule has 1 aromatic rings. The lowest BCUT2D eigenvalue weighted by Crippen LogP contribution is -2.26. The van der Waals surface area contributed by atoms with Gasteiger partial charge in [0.25, 0.3) is 0 Å². The van der Waals surface area contributed by atoms with Crippen LogP contribution in [-0.2, 0) is 14.8 Å². The van der Waals surface area contributed by atoms with Gasteiger partial charge < -0.3 is 10.5 Å². The molecule has 0 bridgehead atoms. The molecule has 0 spiro atoms. The Morgan fingerprint density at radius 1 is 1.42 bits per heavy atom. The van der Waals surface area contributed by atoms with Crippen LogP contribution in [0.25, 0.3) is 0 Å². The van der Waals surface area contributed by atoms with Crippen molar-refractivity contribution in [2.45, 2.75) is 25.2 Å². The third-order valence-corrected chi connectivity index (χ3v) is 4.50. The number of nitrogens with two attached hydrogens (primary N) is 1. The monoisotopic (exact) mass is 306 g/mol.